The number of hydrogen-bond donors (Lipinski definition) is 0. The Morgan fingerprint density at radius 2 is 1.40 bits per heavy atom. The van der Waals surface area contributed by atoms with Crippen molar-refractivity contribution < 1.29 is 9.53 Å². The van der Waals surface area contributed by atoms with Crippen LogP contribution in [0.5, 0.6) is 0 Å². The van der Waals surface area contributed by atoms with Crippen molar-refractivity contribution in [1.82, 2.24) is 0 Å². The summed E-state index contributed by atoms with van der Waals surface area (Å²) in [6.45, 7) is 2.15. The molecule has 1 saturated heterocycles. The molecule has 0 saturated carbocycles. The summed E-state index contributed by atoms with van der Waals surface area (Å²) in [5, 5.41) is 0. The Morgan fingerprint density at radius 1 is 0.920 bits per heavy atom. The number of halogens is 1. The van der Waals surface area contributed by atoms with Crippen molar-refractivity contribution in [3.8, 4) is 0 Å². The van der Waals surface area contributed by atoms with Crippen LogP contribution < -0.4 is 0 Å². The van der Waals surface area contributed by atoms with Crippen molar-refractivity contribution in [2.24, 2.45) is 0 Å². The summed E-state index contributed by atoms with van der Waals surface area (Å²) in [6, 6.07) is 0. The number of carbonyl (C=O) groups is 1. The van der Waals surface area contributed by atoms with Crippen molar-refractivity contribution >= 4 is 28.6 Å². The summed E-state index contributed by atoms with van der Waals surface area (Å²) >= 11 is 2.39. The zero-order valence-electron chi connectivity index (χ0n) is 15.3. The van der Waals surface area contributed by atoms with E-state index in [0.717, 1.165) is 44.9 Å². The quantitative estimate of drug-likeness (QED) is 0.143. The highest BCUT2D eigenvalue weighted by atomic mass is 127. The molecule has 3 heteroatoms. The normalized spacial score (nSPS) is 20.1. The number of esters is 1. The van der Waals surface area contributed by atoms with Gasteiger partial charge in [-0.2, -0.15) is 0 Å². The second-order valence-electron chi connectivity index (χ2n) is 6.03. The molecule has 0 N–H and O–H groups in total. The van der Waals surface area contributed by atoms with Gasteiger partial charge in [0.2, 0.25) is 0 Å². The van der Waals surface area contributed by atoms with E-state index in [1.54, 1.807) is 0 Å². The standard InChI is InChI=1S/C22H31IO2/c1-2-3-4-5-6-7-8-9-10-11-12-13-14-15-16-17-20(23)21-18-19-22(24)25-21/h3-4,6-7,9-10,12-13,15-16,20-21H,2,5,8,11,14,17-19H2,1H3/b4-3-,7-6-,10-9-,13-12-,16-15-/t20?,21-/m0/s1. The Bertz CT molecular complexity index is 500. The van der Waals surface area contributed by atoms with Crippen LogP contribution in [0, 0.1) is 0 Å². The molecule has 1 rings (SSSR count). The van der Waals surface area contributed by atoms with E-state index in [4.69, 9.17) is 4.74 Å². The number of rotatable bonds is 12. The Morgan fingerprint density at radius 3 is 1.84 bits per heavy atom. The van der Waals surface area contributed by atoms with Crippen molar-refractivity contribution in [2.75, 3.05) is 0 Å². The smallest absolute Gasteiger partial charge is 0.306 e. The molecule has 2 atom stereocenters. The molecule has 0 bridgehead atoms. The first-order valence-electron chi connectivity index (χ1n) is 9.32. The van der Waals surface area contributed by atoms with Gasteiger partial charge in [-0.25, -0.2) is 0 Å². The number of hydrogen-bond acceptors (Lipinski definition) is 2. The molecular formula is C22H31IO2. The minimum absolute atomic E-state index is 0.0459. The van der Waals surface area contributed by atoms with Gasteiger partial charge in [0, 0.05) is 6.42 Å². The van der Waals surface area contributed by atoms with Gasteiger partial charge in [-0.05, 0) is 44.9 Å². The van der Waals surface area contributed by atoms with E-state index in [9.17, 15) is 4.79 Å². The predicted octanol–water partition coefficient (Wildman–Crippen LogP) is 6.64. The minimum atomic E-state index is -0.0459. The zero-order valence-corrected chi connectivity index (χ0v) is 17.4. The molecule has 0 aromatic carbocycles. The molecule has 0 aromatic heterocycles. The van der Waals surface area contributed by atoms with Crippen LogP contribution in [-0.4, -0.2) is 16.0 Å². The lowest BCUT2D eigenvalue weighted by molar-refractivity contribution is -0.141. The molecule has 138 valence electrons. The van der Waals surface area contributed by atoms with Crippen LogP contribution in [0.2, 0.25) is 0 Å². The van der Waals surface area contributed by atoms with Crippen LogP contribution >= 0.6 is 22.6 Å². The first kappa shape index (κ1) is 21.9. The highest BCUT2D eigenvalue weighted by Gasteiger charge is 2.28. The van der Waals surface area contributed by atoms with Crippen molar-refractivity contribution in [3.05, 3.63) is 60.8 Å². The van der Waals surface area contributed by atoms with Crippen LogP contribution in [-0.2, 0) is 9.53 Å². The molecule has 1 aliphatic rings. The van der Waals surface area contributed by atoms with Crippen molar-refractivity contribution in [2.45, 2.75) is 68.3 Å². The molecule has 0 amide bonds. The van der Waals surface area contributed by atoms with E-state index in [0.29, 0.717) is 10.3 Å². The maximum absolute atomic E-state index is 11.1. The fourth-order valence-corrected chi connectivity index (χ4v) is 3.23. The predicted molar refractivity (Wildman–Crippen MR) is 116 cm³/mol. The Labute approximate surface area is 166 Å². The minimum Gasteiger partial charge on any atom is -0.461 e. The van der Waals surface area contributed by atoms with Crippen LogP contribution in [0.15, 0.2) is 60.8 Å². The van der Waals surface area contributed by atoms with Crippen LogP contribution in [0.4, 0.5) is 0 Å². The van der Waals surface area contributed by atoms with Gasteiger partial charge in [0.05, 0.1) is 3.92 Å². The largest absolute Gasteiger partial charge is 0.461 e. The maximum Gasteiger partial charge on any atom is 0.306 e. The van der Waals surface area contributed by atoms with Gasteiger partial charge in [0.1, 0.15) is 6.10 Å². The van der Waals surface area contributed by atoms with E-state index in [2.05, 4.69) is 90.3 Å². The molecule has 2 nitrogen and oxygen atoms in total. The highest BCUT2D eigenvalue weighted by Crippen LogP contribution is 2.24. The Kier molecular flexibility index (Phi) is 13.3. The van der Waals surface area contributed by atoms with Crippen molar-refractivity contribution in [3.63, 3.8) is 0 Å². The molecule has 1 heterocycles. The third-order valence-corrected chi connectivity index (χ3v) is 5.15. The second-order valence-corrected chi connectivity index (χ2v) is 7.63. The van der Waals surface area contributed by atoms with Gasteiger partial charge >= 0.3 is 5.97 Å². The van der Waals surface area contributed by atoms with E-state index in [-0.39, 0.29) is 12.1 Å². The fourth-order valence-electron chi connectivity index (χ4n) is 2.43. The molecule has 25 heavy (non-hydrogen) atoms. The SMILES string of the molecule is CC/C=C\C/C=C\C/C=C\C/C=C\C/C=C\CC(I)[C@@H]1CCC(=O)O1. The molecular weight excluding hydrogens is 423 g/mol. The summed E-state index contributed by atoms with van der Waals surface area (Å²) in [7, 11) is 0. The van der Waals surface area contributed by atoms with Gasteiger partial charge < -0.3 is 4.74 Å². The first-order chi connectivity index (χ1) is 12.2. The van der Waals surface area contributed by atoms with Gasteiger partial charge in [-0.15, -0.1) is 0 Å². The van der Waals surface area contributed by atoms with Gasteiger partial charge in [0.15, 0.2) is 0 Å². The van der Waals surface area contributed by atoms with Crippen molar-refractivity contribution in [1.29, 1.82) is 0 Å². The summed E-state index contributed by atoms with van der Waals surface area (Å²) in [5.41, 5.74) is 0. The van der Waals surface area contributed by atoms with Gasteiger partial charge in [0.25, 0.3) is 0 Å². The average Bonchev–Trinajstić information content (AvgIpc) is 3.04. The van der Waals surface area contributed by atoms with Gasteiger partial charge in [-0.1, -0.05) is 90.3 Å². The molecule has 1 unspecified atom stereocenters. The third kappa shape index (κ3) is 12.0. The summed E-state index contributed by atoms with van der Waals surface area (Å²) in [5.74, 6) is -0.0459. The number of carbonyl (C=O) groups excluding carboxylic acids is 1. The summed E-state index contributed by atoms with van der Waals surface area (Å²) in [6.07, 6.45) is 29.7. The van der Waals surface area contributed by atoms with Crippen LogP contribution in [0.3, 0.4) is 0 Å². The molecule has 1 aliphatic heterocycles. The molecule has 0 aromatic rings. The monoisotopic (exact) mass is 454 g/mol. The highest BCUT2D eigenvalue weighted by molar-refractivity contribution is 14.1. The lowest BCUT2D eigenvalue weighted by atomic mass is 10.1. The summed E-state index contributed by atoms with van der Waals surface area (Å²) < 4.78 is 5.67. The number of alkyl halides is 1. The Hall–Kier alpha value is -1.10. The number of ether oxygens (including phenoxy) is 1. The third-order valence-electron chi connectivity index (χ3n) is 3.84. The van der Waals surface area contributed by atoms with E-state index >= 15 is 0 Å². The van der Waals surface area contributed by atoms with E-state index in [1.807, 2.05) is 0 Å². The maximum atomic E-state index is 11.1. The topological polar surface area (TPSA) is 26.3 Å². The molecule has 1 fully saturated rings. The Balaban J connectivity index is 2.01. The first-order valence-corrected chi connectivity index (χ1v) is 10.6. The number of cyclic esters (lactones) is 1. The average molecular weight is 454 g/mol. The fraction of sp³-hybridized carbons (Fsp3) is 0.500. The lowest BCUT2D eigenvalue weighted by Crippen LogP contribution is -2.19. The zero-order chi connectivity index (χ0) is 18.2. The molecule has 0 spiro atoms. The molecule has 0 radical (unpaired) electrons. The lowest BCUT2D eigenvalue weighted by Gasteiger charge is -2.14. The number of allylic oxidation sites excluding steroid dienone is 10. The van der Waals surface area contributed by atoms with Crippen LogP contribution in [0.1, 0.15) is 58.3 Å². The van der Waals surface area contributed by atoms with E-state index in [1.165, 1.54) is 0 Å². The van der Waals surface area contributed by atoms with Gasteiger partial charge in [-0.3, -0.25) is 4.79 Å². The van der Waals surface area contributed by atoms with E-state index < -0.39 is 0 Å². The second kappa shape index (κ2) is 15.2. The van der Waals surface area contributed by atoms with Crippen LogP contribution in [0.25, 0.3) is 0 Å². The molecule has 0 aliphatic carbocycles. The summed E-state index contributed by atoms with van der Waals surface area (Å²) in [4.78, 5) is 11.1.